The van der Waals surface area contributed by atoms with Crippen molar-refractivity contribution in [2.24, 2.45) is 5.16 Å². The second-order valence-electron chi connectivity index (χ2n) is 7.77. The van der Waals surface area contributed by atoms with Gasteiger partial charge in [0, 0.05) is 19.5 Å². The zero-order valence-electron chi connectivity index (χ0n) is 18.6. The first kappa shape index (κ1) is 22.6. The molecule has 170 valence electrons. The summed E-state index contributed by atoms with van der Waals surface area (Å²) in [6, 6.07) is 27.7. The van der Waals surface area contributed by atoms with Gasteiger partial charge >= 0.3 is 0 Å². The Morgan fingerprint density at radius 1 is 0.848 bits per heavy atom. The second-order valence-corrected chi connectivity index (χ2v) is 7.77. The van der Waals surface area contributed by atoms with E-state index in [1.54, 1.807) is 4.90 Å². The molecule has 1 aliphatic heterocycles. The van der Waals surface area contributed by atoms with Crippen molar-refractivity contribution >= 4 is 11.6 Å². The summed E-state index contributed by atoms with van der Waals surface area (Å²) in [5.74, 6) is 0.618. The Balaban J connectivity index is 1.40. The Hall–Kier alpha value is -3.64. The fraction of sp³-hybridized carbons (Fsp3) is 0.259. The zero-order valence-corrected chi connectivity index (χ0v) is 18.6. The number of oxime groups is 1. The minimum Gasteiger partial charge on any atom is -0.484 e. The van der Waals surface area contributed by atoms with Crippen LogP contribution in [0, 0.1) is 0 Å². The van der Waals surface area contributed by atoms with E-state index in [2.05, 4.69) is 17.3 Å². The summed E-state index contributed by atoms with van der Waals surface area (Å²) in [6.07, 6.45) is 0.644. The van der Waals surface area contributed by atoms with E-state index in [-0.39, 0.29) is 12.5 Å². The van der Waals surface area contributed by atoms with E-state index >= 15 is 0 Å². The number of benzene rings is 3. The van der Waals surface area contributed by atoms with Crippen LogP contribution < -0.4 is 4.74 Å². The van der Waals surface area contributed by atoms with Crippen molar-refractivity contribution in [2.75, 3.05) is 32.9 Å². The van der Waals surface area contributed by atoms with Crippen LogP contribution in [-0.2, 0) is 27.4 Å². The van der Waals surface area contributed by atoms with Gasteiger partial charge in [-0.3, -0.25) is 4.79 Å². The Morgan fingerprint density at radius 3 is 2.15 bits per heavy atom. The minimum absolute atomic E-state index is 0.0183. The first-order chi connectivity index (χ1) is 16.3. The van der Waals surface area contributed by atoms with Crippen LogP contribution in [0.5, 0.6) is 5.75 Å². The van der Waals surface area contributed by atoms with Gasteiger partial charge in [-0.15, -0.1) is 0 Å². The molecule has 3 aromatic carbocycles. The molecule has 6 nitrogen and oxygen atoms in total. The smallest absolute Gasteiger partial charge is 0.260 e. The molecule has 0 radical (unpaired) electrons. The van der Waals surface area contributed by atoms with Crippen LogP contribution in [0.2, 0.25) is 0 Å². The Morgan fingerprint density at radius 2 is 1.48 bits per heavy atom. The normalized spacial score (nSPS) is 14.1. The number of amides is 1. The summed E-state index contributed by atoms with van der Waals surface area (Å²) in [4.78, 5) is 19.7. The van der Waals surface area contributed by atoms with Crippen LogP contribution in [0.4, 0.5) is 0 Å². The molecule has 0 N–H and O–H groups in total. The molecule has 0 bridgehead atoms. The number of hydrogen-bond acceptors (Lipinski definition) is 5. The molecule has 0 spiro atoms. The largest absolute Gasteiger partial charge is 0.484 e. The van der Waals surface area contributed by atoms with Gasteiger partial charge in [0.25, 0.3) is 5.91 Å². The SMILES string of the molecule is O=C(COc1ccc(C(Cc2ccccc2)=NOCc2ccccc2)cc1)N1CCOCC1. The number of carbonyl (C=O) groups excluding carboxylic acids is 1. The van der Waals surface area contributed by atoms with Gasteiger partial charge in [-0.2, -0.15) is 0 Å². The van der Waals surface area contributed by atoms with Crippen LogP contribution in [0.25, 0.3) is 0 Å². The Bertz CT molecular complexity index is 1030. The van der Waals surface area contributed by atoms with Gasteiger partial charge in [-0.1, -0.05) is 65.8 Å². The molecule has 0 atom stereocenters. The van der Waals surface area contributed by atoms with Gasteiger partial charge < -0.3 is 19.2 Å². The number of rotatable bonds is 9. The summed E-state index contributed by atoms with van der Waals surface area (Å²) in [5.41, 5.74) is 3.98. The molecule has 1 amide bonds. The third-order valence-electron chi connectivity index (χ3n) is 5.38. The second kappa shape index (κ2) is 11.8. The summed E-state index contributed by atoms with van der Waals surface area (Å²) in [5, 5.41) is 4.45. The van der Waals surface area contributed by atoms with Crippen molar-refractivity contribution in [3.8, 4) is 5.75 Å². The van der Waals surface area contributed by atoms with Crippen molar-refractivity contribution in [3.63, 3.8) is 0 Å². The monoisotopic (exact) mass is 444 g/mol. The topological polar surface area (TPSA) is 60.4 Å². The summed E-state index contributed by atoms with van der Waals surface area (Å²) < 4.78 is 11.0. The maximum absolute atomic E-state index is 12.3. The predicted octanol–water partition coefficient (Wildman–Crippen LogP) is 4.09. The maximum Gasteiger partial charge on any atom is 0.260 e. The quantitative estimate of drug-likeness (QED) is 0.369. The number of carbonyl (C=O) groups is 1. The van der Waals surface area contributed by atoms with Gasteiger partial charge in [-0.25, -0.2) is 0 Å². The lowest BCUT2D eigenvalue weighted by atomic mass is 10.0. The average molecular weight is 445 g/mol. The molecule has 1 fully saturated rings. The molecule has 33 heavy (non-hydrogen) atoms. The van der Waals surface area contributed by atoms with Crippen LogP contribution >= 0.6 is 0 Å². The van der Waals surface area contributed by atoms with Crippen molar-refractivity contribution in [1.29, 1.82) is 0 Å². The third kappa shape index (κ3) is 6.92. The van der Waals surface area contributed by atoms with Gasteiger partial charge in [0.1, 0.15) is 12.4 Å². The number of nitrogens with zero attached hydrogens (tertiary/aromatic N) is 2. The van der Waals surface area contributed by atoms with E-state index < -0.39 is 0 Å². The molecule has 0 aliphatic carbocycles. The Labute approximate surface area is 194 Å². The number of ether oxygens (including phenoxy) is 2. The molecular weight excluding hydrogens is 416 g/mol. The lowest BCUT2D eigenvalue weighted by Gasteiger charge is -2.26. The lowest BCUT2D eigenvalue weighted by Crippen LogP contribution is -2.42. The standard InChI is InChI=1S/C27H28N2O4/c30-27(29-15-17-31-18-16-29)21-32-25-13-11-24(12-14-25)26(19-22-7-3-1-4-8-22)28-33-20-23-9-5-2-6-10-23/h1-14H,15-21H2. The zero-order chi connectivity index (χ0) is 22.7. The van der Waals surface area contributed by atoms with Gasteiger partial charge in [-0.05, 0) is 41.0 Å². The molecule has 6 heteroatoms. The number of morpholine rings is 1. The molecule has 1 saturated heterocycles. The summed E-state index contributed by atoms with van der Waals surface area (Å²) in [6.45, 7) is 2.81. The maximum atomic E-state index is 12.3. The highest BCUT2D eigenvalue weighted by Gasteiger charge is 2.17. The van der Waals surface area contributed by atoms with E-state index in [1.165, 1.54) is 0 Å². The van der Waals surface area contributed by atoms with Crippen LogP contribution in [0.3, 0.4) is 0 Å². The summed E-state index contributed by atoms with van der Waals surface area (Å²) in [7, 11) is 0. The molecule has 4 rings (SSSR count). The number of hydrogen-bond donors (Lipinski definition) is 0. The van der Waals surface area contributed by atoms with Crippen molar-refractivity contribution in [3.05, 3.63) is 102 Å². The van der Waals surface area contributed by atoms with Gasteiger partial charge in [0.15, 0.2) is 6.61 Å². The molecule has 1 heterocycles. The predicted molar refractivity (Wildman–Crippen MR) is 127 cm³/mol. The first-order valence-electron chi connectivity index (χ1n) is 11.1. The van der Waals surface area contributed by atoms with E-state index in [9.17, 15) is 4.79 Å². The van der Waals surface area contributed by atoms with Crippen LogP contribution in [0.1, 0.15) is 16.7 Å². The van der Waals surface area contributed by atoms with Crippen LogP contribution in [-0.4, -0.2) is 49.4 Å². The van der Waals surface area contributed by atoms with Crippen molar-refractivity contribution < 1.29 is 19.1 Å². The molecule has 0 unspecified atom stereocenters. The average Bonchev–Trinajstić information content (AvgIpc) is 2.89. The van der Waals surface area contributed by atoms with Gasteiger partial charge in [0.05, 0.1) is 18.9 Å². The lowest BCUT2D eigenvalue weighted by molar-refractivity contribution is -0.137. The molecule has 0 aromatic heterocycles. The van der Waals surface area contributed by atoms with E-state index in [0.717, 1.165) is 22.4 Å². The Kier molecular flexibility index (Phi) is 8.08. The van der Waals surface area contributed by atoms with E-state index in [0.29, 0.717) is 45.1 Å². The minimum atomic E-state index is -0.0250. The summed E-state index contributed by atoms with van der Waals surface area (Å²) >= 11 is 0. The van der Waals surface area contributed by atoms with E-state index in [4.69, 9.17) is 14.3 Å². The fourth-order valence-corrected chi connectivity index (χ4v) is 3.53. The highest BCUT2D eigenvalue weighted by molar-refractivity contribution is 6.01. The van der Waals surface area contributed by atoms with Gasteiger partial charge in [0.2, 0.25) is 0 Å². The highest BCUT2D eigenvalue weighted by atomic mass is 16.6. The third-order valence-corrected chi connectivity index (χ3v) is 5.38. The molecular formula is C27H28N2O4. The fourth-order valence-electron chi connectivity index (χ4n) is 3.53. The first-order valence-corrected chi connectivity index (χ1v) is 11.1. The molecule has 1 aliphatic rings. The van der Waals surface area contributed by atoms with E-state index in [1.807, 2.05) is 72.8 Å². The van der Waals surface area contributed by atoms with Crippen molar-refractivity contribution in [2.45, 2.75) is 13.0 Å². The molecule has 3 aromatic rings. The van der Waals surface area contributed by atoms with Crippen molar-refractivity contribution in [1.82, 2.24) is 4.90 Å². The van der Waals surface area contributed by atoms with Crippen LogP contribution in [0.15, 0.2) is 90.1 Å². The highest BCUT2D eigenvalue weighted by Crippen LogP contribution is 2.16. The molecule has 0 saturated carbocycles.